The lowest BCUT2D eigenvalue weighted by Gasteiger charge is -2.34. The van der Waals surface area contributed by atoms with Crippen LogP contribution in [0.15, 0.2) is 12.2 Å². The van der Waals surface area contributed by atoms with Crippen LogP contribution in [0.4, 0.5) is 0 Å². The molecule has 1 rings (SSSR count). The number of hydrogen-bond donors (Lipinski definition) is 6. The first-order valence-electron chi connectivity index (χ1n) is 21.5. The maximum Gasteiger partial charge on any atom is 0.242 e. The lowest BCUT2D eigenvalue weighted by Crippen LogP contribution is -2.48. The number of amides is 3. The first kappa shape index (κ1) is 48.0. The molecule has 1 heterocycles. The van der Waals surface area contributed by atoms with Gasteiger partial charge in [0.25, 0.3) is 0 Å². The van der Waals surface area contributed by atoms with E-state index in [1.807, 2.05) is 7.05 Å². The second-order valence-electron chi connectivity index (χ2n) is 14.9. The summed E-state index contributed by atoms with van der Waals surface area (Å²) in [5.74, 6) is -0.310. The van der Waals surface area contributed by atoms with Crippen molar-refractivity contribution in [3.63, 3.8) is 0 Å². The quantitative estimate of drug-likeness (QED) is 0.0393. The molecule has 0 radical (unpaired) electrons. The van der Waals surface area contributed by atoms with Gasteiger partial charge >= 0.3 is 0 Å². The van der Waals surface area contributed by atoms with Crippen LogP contribution in [0.2, 0.25) is 0 Å². The van der Waals surface area contributed by atoms with Crippen molar-refractivity contribution in [1.29, 1.82) is 0 Å². The maximum absolute atomic E-state index is 13.2. The van der Waals surface area contributed by atoms with E-state index in [0.717, 1.165) is 97.2 Å². The van der Waals surface area contributed by atoms with Gasteiger partial charge in [-0.25, -0.2) is 0 Å². The summed E-state index contributed by atoms with van der Waals surface area (Å²) >= 11 is 0. The van der Waals surface area contributed by atoms with Gasteiger partial charge in [0.2, 0.25) is 17.7 Å². The second-order valence-corrected chi connectivity index (χ2v) is 14.9. The number of unbranched alkanes of at least 4 members (excludes halogenated alkanes) is 13. The van der Waals surface area contributed by atoms with E-state index in [0.29, 0.717) is 45.3 Å². The average molecular weight is 735 g/mol. The molecule has 3 amide bonds. The molecule has 0 saturated carbocycles. The van der Waals surface area contributed by atoms with Gasteiger partial charge in [0, 0.05) is 45.7 Å². The Kier molecular flexibility index (Phi) is 32.0. The SMILES string of the molecule is CCCCCCCCC=CCCCCCCCC(=O)NC(CCCCNC(=O)C(N)CCCCN)C(=O)NCCCN1CCN(CCCNC)CC1. The zero-order valence-corrected chi connectivity index (χ0v) is 33.7. The standard InChI is InChI=1S/C41H82N8O3/c1-3-4-5-6-7-8-9-10-11-12-13-14-15-16-17-26-39(50)47-38(25-19-21-29-45-40(51)37(43)24-18-20-27-42)41(52)46-30-23-32-49-35-33-48(34-36-49)31-22-28-44-2/h10-11,37-38,44H,3-9,12-36,42-43H2,1-2H3,(H,45,51)(H,46,52)(H,47,50). The molecule has 52 heavy (non-hydrogen) atoms. The van der Waals surface area contributed by atoms with Crippen molar-refractivity contribution in [3.05, 3.63) is 12.2 Å². The lowest BCUT2D eigenvalue weighted by molar-refractivity contribution is -0.129. The van der Waals surface area contributed by atoms with Crippen molar-refractivity contribution >= 4 is 17.7 Å². The number of allylic oxidation sites excluding steroid dienone is 2. The molecule has 1 fully saturated rings. The van der Waals surface area contributed by atoms with Crippen LogP contribution >= 0.6 is 0 Å². The topological polar surface area (TPSA) is 158 Å². The second kappa shape index (κ2) is 34.7. The third-order valence-corrected chi connectivity index (χ3v) is 10.2. The summed E-state index contributed by atoms with van der Waals surface area (Å²) in [4.78, 5) is 43.5. The molecular weight excluding hydrogens is 653 g/mol. The Bertz CT molecular complexity index is 897. The number of hydrogen-bond acceptors (Lipinski definition) is 8. The predicted molar refractivity (Wildman–Crippen MR) is 218 cm³/mol. The van der Waals surface area contributed by atoms with Crippen molar-refractivity contribution in [2.45, 2.75) is 160 Å². The van der Waals surface area contributed by atoms with E-state index in [1.165, 1.54) is 64.2 Å². The molecule has 0 spiro atoms. The molecule has 11 heteroatoms. The summed E-state index contributed by atoms with van der Waals surface area (Å²) in [6, 6.07) is -1.08. The van der Waals surface area contributed by atoms with Gasteiger partial charge in [0.1, 0.15) is 6.04 Å². The van der Waals surface area contributed by atoms with E-state index in [1.54, 1.807) is 0 Å². The monoisotopic (exact) mass is 735 g/mol. The highest BCUT2D eigenvalue weighted by Crippen LogP contribution is 2.11. The number of nitrogens with one attached hydrogen (secondary N) is 4. The third-order valence-electron chi connectivity index (χ3n) is 10.2. The van der Waals surface area contributed by atoms with Crippen LogP contribution in [0, 0.1) is 0 Å². The Hall–Kier alpha value is -2.05. The molecule has 0 aromatic carbocycles. The first-order valence-corrected chi connectivity index (χ1v) is 21.5. The van der Waals surface area contributed by atoms with E-state index in [9.17, 15) is 14.4 Å². The molecule has 304 valence electrons. The van der Waals surface area contributed by atoms with Gasteiger partial charge in [-0.15, -0.1) is 0 Å². The van der Waals surface area contributed by atoms with Crippen molar-refractivity contribution in [3.8, 4) is 0 Å². The van der Waals surface area contributed by atoms with Crippen LogP contribution < -0.4 is 32.7 Å². The maximum atomic E-state index is 13.2. The van der Waals surface area contributed by atoms with Crippen LogP contribution in [0.1, 0.15) is 148 Å². The van der Waals surface area contributed by atoms with Crippen molar-refractivity contribution in [2.75, 3.05) is 72.5 Å². The number of carbonyl (C=O) groups excluding carboxylic acids is 3. The molecule has 1 saturated heterocycles. The minimum atomic E-state index is -0.564. The number of carbonyl (C=O) groups is 3. The zero-order chi connectivity index (χ0) is 37.9. The smallest absolute Gasteiger partial charge is 0.242 e. The number of rotatable bonds is 35. The Labute approximate surface area is 319 Å². The molecular formula is C41H82N8O3. The molecule has 2 atom stereocenters. The van der Waals surface area contributed by atoms with E-state index in [2.05, 4.69) is 50.1 Å². The van der Waals surface area contributed by atoms with Gasteiger partial charge in [-0.05, 0) is 110 Å². The highest BCUT2D eigenvalue weighted by Gasteiger charge is 2.21. The van der Waals surface area contributed by atoms with E-state index < -0.39 is 12.1 Å². The highest BCUT2D eigenvalue weighted by atomic mass is 16.2. The van der Waals surface area contributed by atoms with Gasteiger partial charge in [0.05, 0.1) is 6.04 Å². The molecule has 0 aromatic rings. The van der Waals surface area contributed by atoms with E-state index in [-0.39, 0.29) is 17.7 Å². The van der Waals surface area contributed by atoms with Gasteiger partial charge in [0.15, 0.2) is 0 Å². The fraction of sp³-hybridized carbons (Fsp3) is 0.878. The minimum absolute atomic E-state index is 0.0536. The van der Waals surface area contributed by atoms with Gasteiger partial charge < -0.3 is 42.5 Å². The van der Waals surface area contributed by atoms with E-state index >= 15 is 0 Å². The summed E-state index contributed by atoms with van der Waals surface area (Å²) in [6.07, 6.45) is 27.3. The van der Waals surface area contributed by atoms with Gasteiger partial charge in [-0.1, -0.05) is 76.9 Å². The van der Waals surface area contributed by atoms with Crippen LogP contribution in [0.3, 0.4) is 0 Å². The highest BCUT2D eigenvalue weighted by molar-refractivity contribution is 5.87. The summed E-state index contributed by atoms with van der Waals surface area (Å²) in [7, 11) is 2.00. The van der Waals surface area contributed by atoms with Crippen molar-refractivity contribution < 1.29 is 14.4 Å². The van der Waals surface area contributed by atoms with Crippen LogP contribution in [0.25, 0.3) is 0 Å². The summed E-state index contributed by atoms with van der Waals surface area (Å²) in [5.41, 5.74) is 11.5. The molecule has 8 N–H and O–H groups in total. The number of nitrogens with two attached hydrogens (primary N) is 2. The fourth-order valence-corrected chi connectivity index (χ4v) is 6.70. The molecule has 0 bridgehead atoms. The molecule has 2 unspecified atom stereocenters. The van der Waals surface area contributed by atoms with E-state index in [4.69, 9.17) is 11.5 Å². The summed E-state index contributed by atoms with van der Waals surface area (Å²) in [5, 5.41) is 12.3. The zero-order valence-electron chi connectivity index (χ0n) is 33.7. The number of piperazine rings is 1. The Balaban J connectivity index is 2.35. The Morgan fingerprint density at radius 1 is 0.635 bits per heavy atom. The predicted octanol–water partition coefficient (Wildman–Crippen LogP) is 4.98. The molecule has 1 aliphatic heterocycles. The molecule has 0 aliphatic carbocycles. The number of nitrogens with zero attached hydrogens (tertiary/aromatic N) is 2. The average Bonchev–Trinajstić information content (AvgIpc) is 3.14. The van der Waals surface area contributed by atoms with Crippen LogP contribution in [0.5, 0.6) is 0 Å². The molecule has 11 nitrogen and oxygen atoms in total. The normalized spacial score (nSPS) is 15.2. The molecule has 1 aliphatic rings. The van der Waals surface area contributed by atoms with Crippen LogP contribution in [-0.4, -0.2) is 112 Å². The van der Waals surface area contributed by atoms with Crippen LogP contribution in [-0.2, 0) is 14.4 Å². The van der Waals surface area contributed by atoms with Crippen molar-refractivity contribution in [1.82, 2.24) is 31.1 Å². The minimum Gasteiger partial charge on any atom is -0.355 e. The summed E-state index contributed by atoms with van der Waals surface area (Å²) in [6.45, 7) is 11.5. The molecule has 0 aromatic heterocycles. The van der Waals surface area contributed by atoms with Gasteiger partial charge in [-0.3, -0.25) is 14.4 Å². The largest absolute Gasteiger partial charge is 0.355 e. The van der Waals surface area contributed by atoms with Gasteiger partial charge in [-0.2, -0.15) is 0 Å². The first-order chi connectivity index (χ1) is 25.4. The third kappa shape index (κ3) is 27.5. The fourth-order valence-electron chi connectivity index (χ4n) is 6.70. The summed E-state index contributed by atoms with van der Waals surface area (Å²) < 4.78 is 0. The lowest BCUT2D eigenvalue weighted by atomic mass is 10.1. The van der Waals surface area contributed by atoms with Crippen molar-refractivity contribution in [2.24, 2.45) is 11.5 Å². The Morgan fingerprint density at radius 2 is 1.17 bits per heavy atom. The Morgan fingerprint density at radius 3 is 1.79 bits per heavy atom.